The van der Waals surface area contributed by atoms with Gasteiger partial charge >= 0.3 is 0 Å². The second-order valence-corrected chi connectivity index (χ2v) is 7.64. The smallest absolute Gasteiger partial charge is 0.270 e. The molecule has 150 valence electrons. The molecule has 2 atom stereocenters. The molecular formula is C18H23N5O4S. The number of morpholine rings is 1. The molecule has 1 amide bonds. The van der Waals surface area contributed by atoms with E-state index in [2.05, 4.69) is 20.5 Å². The van der Waals surface area contributed by atoms with Crippen molar-refractivity contribution in [1.29, 1.82) is 0 Å². The number of rotatable bonds is 6. The summed E-state index contributed by atoms with van der Waals surface area (Å²) in [6.45, 7) is 6.45. The van der Waals surface area contributed by atoms with Crippen molar-refractivity contribution in [2.75, 3.05) is 30.8 Å². The summed E-state index contributed by atoms with van der Waals surface area (Å²) in [6, 6.07) is 4.13. The summed E-state index contributed by atoms with van der Waals surface area (Å²) in [5.74, 6) is -0.442. The molecular weight excluding hydrogens is 382 g/mol. The molecule has 10 heteroatoms. The van der Waals surface area contributed by atoms with Crippen molar-refractivity contribution in [2.45, 2.75) is 32.6 Å². The van der Waals surface area contributed by atoms with Crippen LogP contribution in [-0.4, -0.2) is 53.1 Å². The number of anilines is 2. The highest BCUT2D eigenvalue weighted by molar-refractivity contribution is 7.14. The van der Waals surface area contributed by atoms with Gasteiger partial charge in [0.05, 0.1) is 28.4 Å². The Kier molecular flexibility index (Phi) is 6.22. The molecule has 1 fully saturated rings. The molecule has 28 heavy (non-hydrogen) atoms. The fourth-order valence-corrected chi connectivity index (χ4v) is 3.99. The number of nitro groups is 1. The molecule has 2 N–H and O–H groups in total. The third-order valence-corrected chi connectivity index (χ3v) is 5.19. The van der Waals surface area contributed by atoms with Gasteiger partial charge < -0.3 is 10.1 Å². The van der Waals surface area contributed by atoms with Gasteiger partial charge in [-0.25, -0.2) is 4.98 Å². The summed E-state index contributed by atoms with van der Waals surface area (Å²) in [5.41, 5.74) is 1.44. The summed E-state index contributed by atoms with van der Waals surface area (Å²) in [5, 5.41) is 19.0. The number of thiazole rings is 1. The number of nitro benzene ring substituents is 1. The fraction of sp³-hybridized carbons (Fsp3) is 0.444. The minimum Gasteiger partial charge on any atom is -0.387 e. The van der Waals surface area contributed by atoms with Crippen molar-refractivity contribution in [3.63, 3.8) is 0 Å². The number of nitrogens with one attached hydrogen (secondary N) is 2. The lowest BCUT2D eigenvalue weighted by molar-refractivity contribution is -0.384. The third kappa shape index (κ3) is 4.83. The predicted octanol–water partition coefficient (Wildman–Crippen LogP) is 2.95. The second kappa shape index (κ2) is 8.63. The first-order chi connectivity index (χ1) is 13.4. The van der Waals surface area contributed by atoms with Gasteiger partial charge in [-0.3, -0.25) is 25.1 Å². The van der Waals surface area contributed by atoms with E-state index in [1.54, 1.807) is 7.05 Å². The molecule has 9 nitrogen and oxygen atoms in total. The maximum atomic E-state index is 12.6. The van der Waals surface area contributed by atoms with Crippen LogP contribution in [0.2, 0.25) is 0 Å². The number of hydrogen-bond acceptors (Lipinski definition) is 8. The number of benzene rings is 1. The Hall–Kier alpha value is -2.56. The topological polar surface area (TPSA) is 110 Å². The van der Waals surface area contributed by atoms with Crippen molar-refractivity contribution in [3.05, 3.63) is 45.0 Å². The van der Waals surface area contributed by atoms with Gasteiger partial charge in [0, 0.05) is 49.9 Å². The van der Waals surface area contributed by atoms with Crippen molar-refractivity contribution in [2.24, 2.45) is 0 Å². The molecule has 1 saturated heterocycles. The van der Waals surface area contributed by atoms with Crippen molar-refractivity contribution >= 4 is 33.8 Å². The minimum absolute atomic E-state index is 0.139. The first-order valence-electron chi connectivity index (χ1n) is 8.95. The van der Waals surface area contributed by atoms with Crippen LogP contribution in [0.1, 0.15) is 29.9 Å². The zero-order valence-electron chi connectivity index (χ0n) is 16.0. The molecule has 0 spiro atoms. The Balaban J connectivity index is 1.69. The van der Waals surface area contributed by atoms with Crippen molar-refractivity contribution in [1.82, 2.24) is 9.88 Å². The molecule has 2 aromatic rings. The Morgan fingerprint density at radius 3 is 2.75 bits per heavy atom. The average Bonchev–Trinajstić information content (AvgIpc) is 3.06. The summed E-state index contributed by atoms with van der Waals surface area (Å²) >= 11 is 1.33. The highest BCUT2D eigenvalue weighted by Gasteiger charge is 2.23. The molecule has 2 heterocycles. The number of amides is 1. The average molecular weight is 405 g/mol. The van der Waals surface area contributed by atoms with Crippen LogP contribution in [0.15, 0.2) is 23.6 Å². The van der Waals surface area contributed by atoms with Gasteiger partial charge in [-0.1, -0.05) is 0 Å². The lowest BCUT2D eigenvalue weighted by Crippen LogP contribution is -2.44. The van der Waals surface area contributed by atoms with Crippen LogP contribution in [0, 0.1) is 10.1 Å². The van der Waals surface area contributed by atoms with E-state index in [0.29, 0.717) is 17.4 Å². The van der Waals surface area contributed by atoms with Crippen LogP contribution in [0.5, 0.6) is 0 Å². The number of carbonyl (C=O) groups is 1. The van der Waals surface area contributed by atoms with E-state index in [1.807, 2.05) is 19.2 Å². The molecule has 0 bridgehead atoms. The van der Waals surface area contributed by atoms with E-state index in [-0.39, 0.29) is 23.5 Å². The van der Waals surface area contributed by atoms with E-state index in [4.69, 9.17) is 4.74 Å². The first kappa shape index (κ1) is 20.2. The molecule has 0 aliphatic carbocycles. The standard InChI is InChI=1S/C18H23N5O4S/c1-11-7-22(8-12(2)27-11)9-13-10-28-18(20-13)21-17(24)15-6-14(23(25)26)4-5-16(15)19-3/h4-6,10-12,19H,7-9H2,1-3H3,(H,20,21,24). The Morgan fingerprint density at radius 1 is 1.39 bits per heavy atom. The Labute approximate surface area is 166 Å². The third-order valence-electron chi connectivity index (χ3n) is 4.38. The molecule has 3 rings (SSSR count). The molecule has 1 aliphatic heterocycles. The van der Waals surface area contributed by atoms with Gasteiger partial charge in [0.1, 0.15) is 0 Å². The van der Waals surface area contributed by atoms with E-state index >= 15 is 0 Å². The molecule has 2 unspecified atom stereocenters. The normalized spacial score (nSPS) is 20.0. The fourth-order valence-electron chi connectivity index (χ4n) is 3.30. The Morgan fingerprint density at radius 2 is 2.11 bits per heavy atom. The summed E-state index contributed by atoms with van der Waals surface area (Å²) in [6.07, 6.45) is 0.353. The van der Waals surface area contributed by atoms with Gasteiger partial charge in [0.15, 0.2) is 5.13 Å². The zero-order valence-corrected chi connectivity index (χ0v) is 16.8. The highest BCUT2D eigenvalue weighted by atomic mass is 32.1. The van der Waals surface area contributed by atoms with Crippen LogP contribution in [0.4, 0.5) is 16.5 Å². The molecule has 1 aromatic carbocycles. The van der Waals surface area contributed by atoms with E-state index in [9.17, 15) is 14.9 Å². The van der Waals surface area contributed by atoms with Crippen molar-refractivity contribution in [3.8, 4) is 0 Å². The lowest BCUT2D eigenvalue weighted by atomic mass is 10.1. The van der Waals surface area contributed by atoms with Gasteiger partial charge in [-0.2, -0.15) is 0 Å². The predicted molar refractivity (Wildman–Crippen MR) is 108 cm³/mol. The minimum atomic E-state index is -0.526. The van der Waals surface area contributed by atoms with Gasteiger partial charge in [-0.15, -0.1) is 11.3 Å². The number of hydrogen-bond donors (Lipinski definition) is 2. The summed E-state index contributed by atoms with van der Waals surface area (Å²) in [4.78, 5) is 29.9. The lowest BCUT2D eigenvalue weighted by Gasteiger charge is -2.34. The van der Waals surface area contributed by atoms with Crippen LogP contribution in [-0.2, 0) is 11.3 Å². The molecule has 0 saturated carbocycles. The zero-order chi connectivity index (χ0) is 20.3. The highest BCUT2D eigenvalue weighted by Crippen LogP contribution is 2.24. The quantitative estimate of drug-likeness (QED) is 0.562. The number of ether oxygens (including phenoxy) is 1. The largest absolute Gasteiger partial charge is 0.387 e. The molecule has 0 radical (unpaired) electrons. The maximum Gasteiger partial charge on any atom is 0.270 e. The summed E-state index contributed by atoms with van der Waals surface area (Å²) < 4.78 is 5.74. The number of carbonyl (C=O) groups excluding carboxylic acids is 1. The monoisotopic (exact) mass is 405 g/mol. The Bertz CT molecular complexity index is 861. The SMILES string of the molecule is CNc1ccc([N+](=O)[O-])cc1C(=O)Nc1nc(CN2CC(C)OC(C)C2)cs1. The van der Waals surface area contributed by atoms with Crippen LogP contribution >= 0.6 is 11.3 Å². The number of non-ortho nitro benzene ring substituents is 1. The van der Waals surface area contributed by atoms with E-state index < -0.39 is 10.8 Å². The van der Waals surface area contributed by atoms with Gasteiger partial charge in [-0.05, 0) is 19.9 Å². The number of nitrogens with zero attached hydrogens (tertiary/aromatic N) is 3. The second-order valence-electron chi connectivity index (χ2n) is 6.79. The number of aromatic nitrogens is 1. The summed E-state index contributed by atoms with van der Waals surface area (Å²) in [7, 11) is 1.66. The van der Waals surface area contributed by atoms with E-state index in [1.165, 1.54) is 29.5 Å². The van der Waals surface area contributed by atoms with E-state index in [0.717, 1.165) is 18.8 Å². The van der Waals surface area contributed by atoms with Crippen LogP contribution < -0.4 is 10.6 Å². The van der Waals surface area contributed by atoms with Crippen LogP contribution in [0.25, 0.3) is 0 Å². The maximum absolute atomic E-state index is 12.6. The van der Waals surface area contributed by atoms with Gasteiger partial charge in [0.2, 0.25) is 0 Å². The van der Waals surface area contributed by atoms with Crippen molar-refractivity contribution < 1.29 is 14.5 Å². The molecule has 1 aromatic heterocycles. The first-order valence-corrected chi connectivity index (χ1v) is 9.83. The van der Waals surface area contributed by atoms with Gasteiger partial charge in [0.25, 0.3) is 11.6 Å². The van der Waals surface area contributed by atoms with Crippen LogP contribution in [0.3, 0.4) is 0 Å². The molecule has 1 aliphatic rings.